The number of fused-ring (bicyclic) bond motifs is 1. The van der Waals surface area contributed by atoms with Gasteiger partial charge in [-0.2, -0.15) is 0 Å². The van der Waals surface area contributed by atoms with Crippen molar-refractivity contribution in [3.63, 3.8) is 0 Å². The molecule has 8 heteroatoms. The molecule has 1 aliphatic heterocycles. The Morgan fingerprint density at radius 2 is 1.96 bits per heavy atom. The van der Waals surface area contributed by atoms with Crippen molar-refractivity contribution >= 4 is 34.4 Å². The SMILES string of the molecule is Clc1ccc(CN2CCN(c3nccn4c(C5CC5)nnc34)CC2)s1. The monoisotopic (exact) mass is 374 g/mol. The second-order valence-corrected chi connectivity index (χ2v) is 8.55. The highest BCUT2D eigenvalue weighted by Gasteiger charge is 2.30. The number of anilines is 1. The van der Waals surface area contributed by atoms with Gasteiger partial charge in [0.25, 0.3) is 0 Å². The normalized spacial score (nSPS) is 19.0. The van der Waals surface area contributed by atoms with E-state index in [-0.39, 0.29) is 0 Å². The summed E-state index contributed by atoms with van der Waals surface area (Å²) in [6, 6.07) is 4.10. The van der Waals surface area contributed by atoms with Crippen LogP contribution in [0.1, 0.15) is 29.5 Å². The van der Waals surface area contributed by atoms with Crippen molar-refractivity contribution in [3.05, 3.63) is 39.6 Å². The third-order valence-electron chi connectivity index (χ3n) is 4.96. The molecule has 0 spiro atoms. The number of rotatable bonds is 4. The molecular formula is C17H19ClN6S. The Labute approximate surface area is 155 Å². The van der Waals surface area contributed by atoms with Gasteiger partial charge in [-0.1, -0.05) is 11.6 Å². The number of hydrogen-bond acceptors (Lipinski definition) is 6. The average Bonchev–Trinajstić information content (AvgIpc) is 3.25. The summed E-state index contributed by atoms with van der Waals surface area (Å²) in [5, 5.41) is 8.84. The number of aromatic nitrogens is 4. The Morgan fingerprint density at radius 3 is 2.68 bits per heavy atom. The molecule has 1 aliphatic carbocycles. The van der Waals surface area contributed by atoms with E-state index in [2.05, 4.69) is 35.4 Å². The van der Waals surface area contributed by atoms with Crippen molar-refractivity contribution in [2.24, 2.45) is 0 Å². The smallest absolute Gasteiger partial charge is 0.203 e. The van der Waals surface area contributed by atoms with Gasteiger partial charge in [-0.25, -0.2) is 4.98 Å². The fraction of sp³-hybridized carbons (Fsp3) is 0.471. The Kier molecular flexibility index (Phi) is 3.87. The van der Waals surface area contributed by atoms with Crippen molar-refractivity contribution in [1.82, 2.24) is 24.5 Å². The Hall–Kier alpha value is -1.70. The standard InChI is InChI=1S/C17H19ClN6S/c18-14-4-3-13(25-14)11-22-7-9-23(10-8-22)16-17-21-20-15(12-1-2-12)24(17)6-5-19-16/h3-6,12H,1-2,7-11H2. The number of nitrogens with zero attached hydrogens (tertiary/aromatic N) is 6. The molecule has 130 valence electrons. The van der Waals surface area contributed by atoms with E-state index in [1.54, 1.807) is 11.3 Å². The number of halogens is 1. The topological polar surface area (TPSA) is 49.6 Å². The van der Waals surface area contributed by atoms with Gasteiger partial charge in [0.15, 0.2) is 5.82 Å². The van der Waals surface area contributed by atoms with Crippen molar-refractivity contribution in [2.75, 3.05) is 31.1 Å². The van der Waals surface area contributed by atoms with Gasteiger partial charge in [-0.3, -0.25) is 9.30 Å². The van der Waals surface area contributed by atoms with E-state index in [1.807, 2.05) is 18.5 Å². The van der Waals surface area contributed by atoms with Crippen LogP contribution in [0.5, 0.6) is 0 Å². The van der Waals surface area contributed by atoms with Crippen LogP contribution >= 0.6 is 22.9 Å². The average molecular weight is 375 g/mol. The third-order valence-corrected chi connectivity index (χ3v) is 6.17. The zero-order valence-corrected chi connectivity index (χ0v) is 15.4. The summed E-state index contributed by atoms with van der Waals surface area (Å²) in [5.74, 6) is 2.63. The molecule has 0 N–H and O–H groups in total. The van der Waals surface area contributed by atoms with Gasteiger partial charge in [0.1, 0.15) is 5.82 Å². The van der Waals surface area contributed by atoms with Crippen LogP contribution in [0.4, 0.5) is 5.82 Å². The maximum Gasteiger partial charge on any atom is 0.203 e. The molecule has 1 saturated heterocycles. The highest BCUT2D eigenvalue weighted by molar-refractivity contribution is 7.16. The highest BCUT2D eigenvalue weighted by Crippen LogP contribution is 2.39. The predicted molar refractivity (Wildman–Crippen MR) is 99.6 cm³/mol. The van der Waals surface area contributed by atoms with Crippen LogP contribution in [-0.2, 0) is 6.54 Å². The lowest BCUT2D eigenvalue weighted by Gasteiger charge is -2.35. The van der Waals surface area contributed by atoms with E-state index in [1.165, 1.54) is 17.7 Å². The molecule has 0 aromatic carbocycles. The summed E-state index contributed by atoms with van der Waals surface area (Å²) in [4.78, 5) is 10.7. The van der Waals surface area contributed by atoms with Gasteiger partial charge in [-0.05, 0) is 25.0 Å². The van der Waals surface area contributed by atoms with Crippen molar-refractivity contribution in [2.45, 2.75) is 25.3 Å². The van der Waals surface area contributed by atoms with Crippen LogP contribution in [0.2, 0.25) is 4.34 Å². The molecule has 0 bridgehead atoms. The number of thiophene rings is 1. The quantitative estimate of drug-likeness (QED) is 0.702. The lowest BCUT2D eigenvalue weighted by atomic mass is 10.3. The van der Waals surface area contributed by atoms with Crippen molar-refractivity contribution in [3.8, 4) is 0 Å². The molecule has 0 radical (unpaired) electrons. The molecule has 3 aromatic heterocycles. The van der Waals surface area contributed by atoms with Crippen molar-refractivity contribution < 1.29 is 0 Å². The second kappa shape index (κ2) is 6.23. The van der Waals surface area contributed by atoms with Gasteiger partial charge in [0, 0.05) is 55.9 Å². The third kappa shape index (κ3) is 3.01. The molecule has 25 heavy (non-hydrogen) atoms. The van der Waals surface area contributed by atoms with Gasteiger partial charge in [0.2, 0.25) is 5.65 Å². The summed E-state index contributed by atoms with van der Waals surface area (Å²) < 4.78 is 2.99. The minimum Gasteiger partial charge on any atom is -0.351 e. The minimum atomic E-state index is 0.583. The molecular weight excluding hydrogens is 356 g/mol. The largest absolute Gasteiger partial charge is 0.351 e. The van der Waals surface area contributed by atoms with E-state index >= 15 is 0 Å². The van der Waals surface area contributed by atoms with Crippen LogP contribution in [0.25, 0.3) is 5.65 Å². The van der Waals surface area contributed by atoms with Gasteiger partial charge in [-0.15, -0.1) is 21.5 Å². The fourth-order valence-corrected chi connectivity index (χ4v) is 4.58. The first kappa shape index (κ1) is 15.5. The molecule has 0 amide bonds. The first-order valence-electron chi connectivity index (χ1n) is 8.69. The van der Waals surface area contributed by atoms with Gasteiger partial charge in [0.05, 0.1) is 4.34 Å². The van der Waals surface area contributed by atoms with Crippen LogP contribution in [-0.4, -0.2) is 50.7 Å². The molecule has 5 rings (SSSR count). The van der Waals surface area contributed by atoms with Crippen molar-refractivity contribution in [1.29, 1.82) is 0 Å². The number of piperazine rings is 1. The Bertz CT molecular complexity index is 894. The molecule has 6 nitrogen and oxygen atoms in total. The first-order valence-corrected chi connectivity index (χ1v) is 9.88. The van der Waals surface area contributed by atoms with Crippen LogP contribution in [0.15, 0.2) is 24.5 Å². The summed E-state index contributed by atoms with van der Waals surface area (Å²) >= 11 is 7.70. The maximum absolute atomic E-state index is 6.03. The second-order valence-electron chi connectivity index (χ2n) is 6.75. The fourth-order valence-electron chi connectivity index (χ4n) is 3.45. The van der Waals surface area contributed by atoms with Gasteiger partial charge < -0.3 is 4.90 Å². The summed E-state index contributed by atoms with van der Waals surface area (Å²) in [6.45, 7) is 4.91. The Morgan fingerprint density at radius 1 is 1.12 bits per heavy atom. The van der Waals surface area contributed by atoms with Crippen LogP contribution in [0.3, 0.4) is 0 Å². The molecule has 0 unspecified atom stereocenters. The van der Waals surface area contributed by atoms with E-state index in [0.717, 1.165) is 54.3 Å². The Balaban J connectivity index is 1.31. The maximum atomic E-state index is 6.03. The zero-order valence-electron chi connectivity index (χ0n) is 13.8. The van der Waals surface area contributed by atoms with E-state index in [4.69, 9.17) is 11.6 Å². The van der Waals surface area contributed by atoms with Crippen LogP contribution in [0, 0.1) is 0 Å². The van der Waals surface area contributed by atoms with E-state index in [9.17, 15) is 0 Å². The van der Waals surface area contributed by atoms with Gasteiger partial charge >= 0.3 is 0 Å². The predicted octanol–water partition coefficient (Wildman–Crippen LogP) is 3.04. The molecule has 2 fully saturated rings. The number of hydrogen-bond donors (Lipinski definition) is 0. The molecule has 2 aliphatic rings. The summed E-state index contributed by atoms with van der Waals surface area (Å²) in [5.41, 5.74) is 0.892. The molecule has 0 atom stereocenters. The van der Waals surface area contributed by atoms with E-state index < -0.39 is 0 Å². The van der Waals surface area contributed by atoms with Crippen LogP contribution < -0.4 is 4.90 Å². The lowest BCUT2D eigenvalue weighted by Crippen LogP contribution is -2.46. The summed E-state index contributed by atoms with van der Waals surface area (Å²) in [7, 11) is 0. The zero-order chi connectivity index (χ0) is 16.8. The molecule has 4 heterocycles. The first-order chi connectivity index (χ1) is 12.3. The highest BCUT2D eigenvalue weighted by atomic mass is 35.5. The summed E-state index contributed by atoms with van der Waals surface area (Å²) in [6.07, 6.45) is 6.31. The van der Waals surface area contributed by atoms with E-state index in [0.29, 0.717) is 5.92 Å². The lowest BCUT2D eigenvalue weighted by molar-refractivity contribution is 0.251. The molecule has 3 aromatic rings. The minimum absolute atomic E-state index is 0.583. The molecule has 1 saturated carbocycles.